The number of hydrogen-bond acceptors (Lipinski definition) is 6. The number of piperidine rings is 1. The van der Waals surface area contributed by atoms with Crippen molar-refractivity contribution in [2.24, 2.45) is 5.92 Å². The number of likely N-dealkylation sites (N-methyl/N-ethyl adjacent to an activating group) is 2. The molecule has 0 radical (unpaired) electrons. The van der Waals surface area contributed by atoms with Crippen LogP contribution in [-0.4, -0.2) is 96.7 Å². The quantitative estimate of drug-likeness (QED) is 0.539. The molecule has 0 aromatic heterocycles. The highest BCUT2D eigenvalue weighted by Gasteiger charge is 2.46. The molecule has 9 heteroatoms. The Kier molecular flexibility index (Phi) is 7.06. The van der Waals surface area contributed by atoms with E-state index in [0.717, 1.165) is 12.8 Å². The highest BCUT2D eigenvalue weighted by Crippen LogP contribution is 2.33. The number of hydrogen-bond donors (Lipinski definition) is 1. The topological polar surface area (TPSA) is 85.4 Å². The van der Waals surface area contributed by atoms with E-state index in [1.54, 1.807) is 11.9 Å². The van der Waals surface area contributed by atoms with Crippen molar-refractivity contribution in [3.63, 3.8) is 0 Å². The molecule has 2 heterocycles. The zero-order valence-corrected chi connectivity index (χ0v) is 17.6. The summed E-state index contributed by atoms with van der Waals surface area (Å²) in [6.07, 6.45) is 3.02. The molecule has 2 aliphatic rings. The number of urea groups is 1. The van der Waals surface area contributed by atoms with Crippen molar-refractivity contribution < 1.29 is 19.1 Å². The standard InChI is InChI=1S/C19H33N5O4/c1-7-15(25)23-12-19(21(4)13-23)8-10-24(11-9-19)20-18(27)22(5)16(14(2)3)17(26)28-6/h7,14,16H,1,8-13H2,2-6H3,(H,20,27)/t16-/m0/s1. The molecular weight excluding hydrogens is 362 g/mol. The molecular formula is C19H33N5O4. The maximum absolute atomic E-state index is 12.6. The zero-order chi connectivity index (χ0) is 21.1. The molecule has 1 N–H and O–H groups in total. The van der Waals surface area contributed by atoms with Gasteiger partial charge in [-0.2, -0.15) is 0 Å². The van der Waals surface area contributed by atoms with Gasteiger partial charge in [0, 0.05) is 32.2 Å². The van der Waals surface area contributed by atoms with Gasteiger partial charge in [0.05, 0.1) is 13.8 Å². The smallest absolute Gasteiger partial charge is 0.332 e. The maximum Gasteiger partial charge on any atom is 0.332 e. The molecule has 28 heavy (non-hydrogen) atoms. The van der Waals surface area contributed by atoms with Crippen LogP contribution in [0.15, 0.2) is 12.7 Å². The largest absolute Gasteiger partial charge is 0.467 e. The van der Waals surface area contributed by atoms with Crippen LogP contribution in [0.5, 0.6) is 0 Å². The summed E-state index contributed by atoms with van der Waals surface area (Å²) in [7, 11) is 4.96. The average Bonchev–Trinajstić information content (AvgIpc) is 2.98. The van der Waals surface area contributed by atoms with Crippen molar-refractivity contribution in [1.82, 2.24) is 25.1 Å². The Morgan fingerprint density at radius 1 is 1.25 bits per heavy atom. The van der Waals surface area contributed by atoms with Gasteiger partial charge in [0.2, 0.25) is 5.91 Å². The van der Waals surface area contributed by atoms with Crippen molar-refractivity contribution in [1.29, 1.82) is 0 Å². The normalized spacial score (nSPS) is 20.9. The SMILES string of the molecule is C=CC(=O)N1CN(C)C2(CCN(NC(=O)N(C)[C@H](C(=O)OC)C(C)C)CC2)C1. The predicted molar refractivity (Wildman–Crippen MR) is 105 cm³/mol. The van der Waals surface area contributed by atoms with E-state index < -0.39 is 12.0 Å². The molecule has 0 aromatic rings. The predicted octanol–water partition coefficient (Wildman–Crippen LogP) is 0.493. The van der Waals surface area contributed by atoms with Crippen LogP contribution in [0.1, 0.15) is 26.7 Å². The Morgan fingerprint density at radius 2 is 1.86 bits per heavy atom. The van der Waals surface area contributed by atoms with Crippen molar-refractivity contribution in [2.75, 3.05) is 47.5 Å². The van der Waals surface area contributed by atoms with E-state index in [-0.39, 0.29) is 23.4 Å². The lowest BCUT2D eigenvalue weighted by Crippen LogP contribution is -2.59. The van der Waals surface area contributed by atoms with Gasteiger partial charge in [-0.3, -0.25) is 15.1 Å². The Hall–Kier alpha value is -2.13. The third-order valence-electron chi connectivity index (χ3n) is 5.92. The van der Waals surface area contributed by atoms with Gasteiger partial charge in [0.1, 0.15) is 6.04 Å². The summed E-state index contributed by atoms with van der Waals surface area (Å²) >= 11 is 0. The number of carbonyl (C=O) groups is 3. The number of esters is 1. The second kappa shape index (κ2) is 8.91. The number of methoxy groups -OCH3 is 1. The van der Waals surface area contributed by atoms with E-state index in [4.69, 9.17) is 4.74 Å². The second-order valence-electron chi connectivity index (χ2n) is 8.03. The van der Waals surface area contributed by atoms with E-state index in [1.165, 1.54) is 18.1 Å². The number of carbonyl (C=O) groups excluding carboxylic acids is 3. The Morgan fingerprint density at radius 3 is 2.36 bits per heavy atom. The Labute approximate surface area is 167 Å². The van der Waals surface area contributed by atoms with E-state index >= 15 is 0 Å². The van der Waals surface area contributed by atoms with Crippen molar-refractivity contribution >= 4 is 17.9 Å². The molecule has 0 saturated carbocycles. The summed E-state index contributed by atoms with van der Waals surface area (Å²) in [5, 5.41) is 1.88. The van der Waals surface area contributed by atoms with E-state index in [9.17, 15) is 14.4 Å². The fourth-order valence-electron chi connectivity index (χ4n) is 4.12. The highest BCUT2D eigenvalue weighted by atomic mass is 16.5. The monoisotopic (exact) mass is 395 g/mol. The molecule has 0 aromatic carbocycles. The third kappa shape index (κ3) is 4.47. The van der Waals surface area contributed by atoms with Gasteiger partial charge in [-0.1, -0.05) is 20.4 Å². The van der Waals surface area contributed by atoms with Gasteiger partial charge in [-0.05, 0) is 31.9 Å². The van der Waals surface area contributed by atoms with Gasteiger partial charge in [0.25, 0.3) is 0 Å². The van der Waals surface area contributed by atoms with Crippen LogP contribution < -0.4 is 5.43 Å². The van der Waals surface area contributed by atoms with Gasteiger partial charge >= 0.3 is 12.0 Å². The number of nitrogens with zero attached hydrogens (tertiary/aromatic N) is 4. The van der Waals surface area contributed by atoms with Gasteiger partial charge in [-0.15, -0.1) is 0 Å². The third-order valence-corrected chi connectivity index (χ3v) is 5.92. The molecule has 0 aliphatic carbocycles. The summed E-state index contributed by atoms with van der Waals surface area (Å²) in [5.41, 5.74) is 2.83. The van der Waals surface area contributed by atoms with Crippen LogP contribution in [0.2, 0.25) is 0 Å². The first-order valence-electron chi connectivity index (χ1n) is 9.64. The molecule has 2 fully saturated rings. The summed E-state index contributed by atoms with van der Waals surface area (Å²) in [6, 6.07) is -0.969. The summed E-state index contributed by atoms with van der Waals surface area (Å²) in [4.78, 5) is 42.0. The summed E-state index contributed by atoms with van der Waals surface area (Å²) in [6.45, 7) is 9.93. The molecule has 2 saturated heterocycles. The second-order valence-corrected chi connectivity index (χ2v) is 8.03. The molecule has 2 rings (SSSR count). The van der Waals surface area contributed by atoms with Crippen molar-refractivity contribution in [3.8, 4) is 0 Å². The number of rotatable bonds is 5. The minimum atomic E-state index is -0.638. The Bertz CT molecular complexity index is 615. The number of nitrogens with one attached hydrogen (secondary N) is 1. The van der Waals surface area contributed by atoms with Crippen LogP contribution in [0, 0.1) is 5.92 Å². The molecule has 0 unspecified atom stereocenters. The number of hydrazine groups is 1. The van der Waals surface area contributed by atoms with E-state index in [0.29, 0.717) is 26.3 Å². The minimum Gasteiger partial charge on any atom is -0.467 e. The highest BCUT2D eigenvalue weighted by molar-refractivity contribution is 5.87. The minimum absolute atomic E-state index is 0.0522. The number of amides is 3. The maximum atomic E-state index is 12.6. The van der Waals surface area contributed by atoms with Crippen LogP contribution in [0.25, 0.3) is 0 Å². The molecule has 0 bridgehead atoms. The van der Waals surface area contributed by atoms with E-state index in [1.807, 2.05) is 25.9 Å². The van der Waals surface area contributed by atoms with Crippen LogP contribution in [0.3, 0.4) is 0 Å². The summed E-state index contributed by atoms with van der Waals surface area (Å²) < 4.78 is 4.83. The lowest BCUT2D eigenvalue weighted by molar-refractivity contribution is -0.147. The average molecular weight is 396 g/mol. The van der Waals surface area contributed by atoms with E-state index in [2.05, 4.69) is 16.9 Å². The fourth-order valence-corrected chi connectivity index (χ4v) is 4.12. The fraction of sp³-hybridized carbons (Fsp3) is 0.737. The van der Waals surface area contributed by atoms with Gasteiger partial charge in [0.15, 0.2) is 0 Å². The Balaban J connectivity index is 1.93. The molecule has 9 nitrogen and oxygen atoms in total. The first kappa shape index (κ1) is 22.2. The molecule has 158 valence electrons. The van der Waals surface area contributed by atoms with Crippen molar-refractivity contribution in [2.45, 2.75) is 38.3 Å². The molecule has 3 amide bonds. The number of ether oxygens (including phenoxy) is 1. The zero-order valence-electron chi connectivity index (χ0n) is 17.6. The van der Waals surface area contributed by atoms with Gasteiger partial charge < -0.3 is 14.5 Å². The molecule has 2 aliphatic heterocycles. The first-order valence-corrected chi connectivity index (χ1v) is 9.64. The van der Waals surface area contributed by atoms with Crippen molar-refractivity contribution in [3.05, 3.63) is 12.7 Å². The van der Waals surface area contributed by atoms with Crippen LogP contribution >= 0.6 is 0 Å². The first-order chi connectivity index (χ1) is 13.1. The molecule has 1 spiro atoms. The lowest BCUT2D eigenvalue weighted by Gasteiger charge is -2.43. The van der Waals surface area contributed by atoms with Gasteiger partial charge in [-0.25, -0.2) is 14.6 Å². The summed E-state index contributed by atoms with van der Waals surface area (Å²) in [5.74, 6) is -0.540. The van der Waals surface area contributed by atoms with Crippen LogP contribution in [0.4, 0.5) is 4.79 Å². The van der Waals surface area contributed by atoms with Crippen LogP contribution in [-0.2, 0) is 14.3 Å². The molecule has 1 atom stereocenters. The lowest BCUT2D eigenvalue weighted by atomic mass is 9.87.